The molecule has 1 fully saturated rings. The first kappa shape index (κ1) is 18.5. The van der Waals surface area contributed by atoms with Gasteiger partial charge in [0.15, 0.2) is 11.6 Å². The van der Waals surface area contributed by atoms with Gasteiger partial charge in [0.25, 0.3) is 0 Å². The van der Waals surface area contributed by atoms with Gasteiger partial charge in [0.2, 0.25) is 0 Å². The van der Waals surface area contributed by atoms with Crippen LogP contribution in [0.2, 0.25) is 4.34 Å². The second kappa shape index (κ2) is 8.31. The zero-order chi connectivity index (χ0) is 15.5. The SMILES string of the molecule is COc1cccc([C@H](c2ccc(Cl)s2)N2CCNCC2)c1F.Cl. The summed E-state index contributed by atoms with van der Waals surface area (Å²) in [5.41, 5.74) is 0.639. The Morgan fingerprint density at radius 3 is 2.61 bits per heavy atom. The first-order chi connectivity index (χ1) is 10.7. The van der Waals surface area contributed by atoms with E-state index in [1.807, 2.05) is 24.3 Å². The molecular formula is C16H19Cl2FN2OS. The minimum absolute atomic E-state index is 0. The molecule has 1 aliphatic heterocycles. The molecule has 2 heterocycles. The Balaban J connectivity index is 0.00000192. The average molecular weight is 377 g/mol. The molecule has 2 aromatic rings. The first-order valence-corrected chi connectivity index (χ1v) is 8.42. The van der Waals surface area contributed by atoms with Gasteiger partial charge in [-0.3, -0.25) is 4.90 Å². The van der Waals surface area contributed by atoms with E-state index in [1.165, 1.54) is 18.4 Å². The Hall–Kier alpha value is -0.850. The number of hydrogen-bond donors (Lipinski definition) is 1. The lowest BCUT2D eigenvalue weighted by atomic mass is 10.0. The van der Waals surface area contributed by atoms with E-state index < -0.39 is 0 Å². The summed E-state index contributed by atoms with van der Waals surface area (Å²) in [5.74, 6) is -0.0154. The Bertz CT molecular complexity index is 647. The molecule has 0 unspecified atom stereocenters. The average Bonchev–Trinajstić information content (AvgIpc) is 2.96. The molecule has 126 valence electrons. The number of halogens is 3. The molecule has 3 nitrogen and oxygen atoms in total. The molecule has 1 aromatic heterocycles. The highest BCUT2D eigenvalue weighted by Crippen LogP contribution is 2.38. The number of nitrogens with one attached hydrogen (secondary N) is 1. The van der Waals surface area contributed by atoms with E-state index in [2.05, 4.69) is 10.2 Å². The van der Waals surface area contributed by atoms with E-state index in [4.69, 9.17) is 16.3 Å². The molecule has 0 saturated carbocycles. The van der Waals surface area contributed by atoms with Crippen LogP contribution in [0.4, 0.5) is 4.39 Å². The first-order valence-electron chi connectivity index (χ1n) is 7.23. The van der Waals surface area contributed by atoms with Crippen LogP contribution in [-0.2, 0) is 0 Å². The van der Waals surface area contributed by atoms with E-state index in [1.54, 1.807) is 6.07 Å². The number of methoxy groups -OCH3 is 1. The van der Waals surface area contributed by atoms with Crippen LogP contribution in [0, 0.1) is 5.82 Å². The maximum absolute atomic E-state index is 14.8. The summed E-state index contributed by atoms with van der Waals surface area (Å²) in [6, 6.07) is 9.04. The van der Waals surface area contributed by atoms with Crippen molar-refractivity contribution in [1.29, 1.82) is 0 Å². The number of ether oxygens (including phenoxy) is 1. The van der Waals surface area contributed by atoms with Crippen LogP contribution >= 0.6 is 35.3 Å². The molecule has 1 N–H and O–H groups in total. The standard InChI is InChI=1S/C16H18ClFN2OS.ClH/c1-21-12-4-2-3-11(15(12)18)16(13-5-6-14(17)22-13)20-9-7-19-8-10-20;/h2-6,16,19H,7-10H2,1H3;1H/t16-;/m1./s1. The van der Waals surface area contributed by atoms with Crippen LogP contribution < -0.4 is 10.1 Å². The van der Waals surface area contributed by atoms with Crippen molar-refractivity contribution >= 4 is 35.3 Å². The lowest BCUT2D eigenvalue weighted by molar-refractivity contribution is 0.197. The van der Waals surface area contributed by atoms with Crippen LogP contribution in [0.5, 0.6) is 5.75 Å². The summed E-state index contributed by atoms with van der Waals surface area (Å²) in [7, 11) is 1.49. The molecule has 3 rings (SSSR count). The van der Waals surface area contributed by atoms with Crippen LogP contribution in [0.3, 0.4) is 0 Å². The van der Waals surface area contributed by atoms with Gasteiger partial charge < -0.3 is 10.1 Å². The predicted molar refractivity (Wildman–Crippen MR) is 95.8 cm³/mol. The van der Waals surface area contributed by atoms with E-state index in [0.717, 1.165) is 35.4 Å². The molecule has 0 aliphatic carbocycles. The van der Waals surface area contributed by atoms with Crippen LogP contribution in [0.15, 0.2) is 30.3 Å². The fraction of sp³-hybridized carbons (Fsp3) is 0.375. The predicted octanol–water partition coefficient (Wildman–Crippen LogP) is 3.97. The normalized spacial score (nSPS) is 16.7. The molecule has 0 radical (unpaired) electrons. The second-order valence-corrected chi connectivity index (χ2v) is 6.94. The van der Waals surface area contributed by atoms with E-state index in [9.17, 15) is 4.39 Å². The summed E-state index contributed by atoms with van der Waals surface area (Å²) in [6.07, 6.45) is 0. The largest absolute Gasteiger partial charge is 0.494 e. The maximum atomic E-state index is 14.8. The molecule has 1 atom stereocenters. The third kappa shape index (κ3) is 3.98. The molecular weight excluding hydrogens is 358 g/mol. The Kier molecular flexibility index (Phi) is 6.68. The smallest absolute Gasteiger partial charge is 0.170 e. The molecule has 7 heteroatoms. The lowest BCUT2D eigenvalue weighted by Crippen LogP contribution is -2.45. The Labute approximate surface area is 150 Å². The van der Waals surface area contributed by atoms with Gasteiger partial charge in [0.05, 0.1) is 17.5 Å². The van der Waals surface area contributed by atoms with Crippen molar-refractivity contribution in [2.24, 2.45) is 0 Å². The zero-order valence-electron chi connectivity index (χ0n) is 12.7. The van der Waals surface area contributed by atoms with Crippen molar-refractivity contribution in [3.8, 4) is 5.75 Å². The number of piperazine rings is 1. The van der Waals surface area contributed by atoms with Gasteiger partial charge in [0.1, 0.15) is 0 Å². The molecule has 0 amide bonds. The highest BCUT2D eigenvalue weighted by Gasteiger charge is 2.28. The van der Waals surface area contributed by atoms with E-state index >= 15 is 0 Å². The van der Waals surface area contributed by atoms with Gasteiger partial charge in [-0.25, -0.2) is 4.39 Å². The molecule has 23 heavy (non-hydrogen) atoms. The second-order valence-electron chi connectivity index (χ2n) is 5.19. The van der Waals surface area contributed by atoms with Crippen molar-refractivity contribution in [3.63, 3.8) is 0 Å². The highest BCUT2D eigenvalue weighted by molar-refractivity contribution is 7.16. The van der Waals surface area contributed by atoms with Gasteiger partial charge in [-0.15, -0.1) is 23.7 Å². The minimum atomic E-state index is -0.293. The van der Waals surface area contributed by atoms with E-state index in [0.29, 0.717) is 5.56 Å². The maximum Gasteiger partial charge on any atom is 0.170 e. The number of nitrogens with zero attached hydrogens (tertiary/aromatic N) is 1. The monoisotopic (exact) mass is 376 g/mol. The quantitative estimate of drug-likeness (QED) is 0.873. The Morgan fingerprint density at radius 2 is 2.00 bits per heavy atom. The fourth-order valence-corrected chi connectivity index (χ4v) is 4.06. The third-order valence-corrected chi connectivity index (χ3v) is 5.17. The number of benzene rings is 1. The number of thiophene rings is 1. The highest BCUT2D eigenvalue weighted by atomic mass is 35.5. The lowest BCUT2D eigenvalue weighted by Gasteiger charge is -2.35. The van der Waals surface area contributed by atoms with Gasteiger partial charge in [-0.1, -0.05) is 23.7 Å². The molecule has 0 bridgehead atoms. The molecule has 0 spiro atoms. The fourth-order valence-electron chi connectivity index (χ4n) is 2.84. The van der Waals surface area contributed by atoms with Gasteiger partial charge in [-0.05, 0) is 18.2 Å². The van der Waals surface area contributed by atoms with Crippen molar-refractivity contribution < 1.29 is 9.13 Å². The summed E-state index contributed by atoms with van der Waals surface area (Å²) >= 11 is 7.60. The molecule has 1 saturated heterocycles. The van der Waals surface area contributed by atoms with Gasteiger partial charge in [0, 0.05) is 36.6 Å². The van der Waals surface area contributed by atoms with E-state index in [-0.39, 0.29) is 30.0 Å². The summed E-state index contributed by atoms with van der Waals surface area (Å²) < 4.78 is 20.6. The zero-order valence-corrected chi connectivity index (χ0v) is 15.1. The van der Waals surface area contributed by atoms with Crippen molar-refractivity contribution in [1.82, 2.24) is 10.2 Å². The van der Waals surface area contributed by atoms with Crippen LogP contribution in [0.1, 0.15) is 16.5 Å². The van der Waals surface area contributed by atoms with Gasteiger partial charge in [-0.2, -0.15) is 0 Å². The third-order valence-electron chi connectivity index (χ3n) is 3.89. The summed E-state index contributed by atoms with van der Waals surface area (Å²) in [6.45, 7) is 3.55. The summed E-state index contributed by atoms with van der Waals surface area (Å²) in [5, 5.41) is 3.33. The van der Waals surface area contributed by atoms with Crippen LogP contribution in [-0.4, -0.2) is 38.2 Å². The molecule has 1 aromatic carbocycles. The minimum Gasteiger partial charge on any atom is -0.494 e. The molecule has 1 aliphatic rings. The van der Waals surface area contributed by atoms with Gasteiger partial charge >= 0.3 is 0 Å². The Morgan fingerprint density at radius 1 is 1.26 bits per heavy atom. The number of hydrogen-bond acceptors (Lipinski definition) is 4. The number of rotatable bonds is 4. The van der Waals surface area contributed by atoms with Crippen molar-refractivity contribution in [2.45, 2.75) is 6.04 Å². The van der Waals surface area contributed by atoms with Crippen LogP contribution in [0.25, 0.3) is 0 Å². The van der Waals surface area contributed by atoms with Crippen molar-refractivity contribution in [2.75, 3.05) is 33.3 Å². The topological polar surface area (TPSA) is 24.5 Å². The van der Waals surface area contributed by atoms with Crippen molar-refractivity contribution in [3.05, 3.63) is 50.9 Å². The summed E-state index contributed by atoms with van der Waals surface area (Å²) in [4.78, 5) is 3.34.